The Morgan fingerprint density at radius 2 is 1.91 bits per heavy atom. The van der Waals surface area contributed by atoms with Gasteiger partial charge in [-0.05, 0) is 67.1 Å². The van der Waals surface area contributed by atoms with Crippen LogP contribution in [0.3, 0.4) is 0 Å². The van der Waals surface area contributed by atoms with Gasteiger partial charge in [-0.2, -0.15) is 0 Å². The van der Waals surface area contributed by atoms with Gasteiger partial charge in [-0.1, -0.05) is 61.0 Å². The van der Waals surface area contributed by atoms with Crippen LogP contribution in [0, 0.1) is 12.8 Å². The topological polar surface area (TPSA) is 33.6 Å². The number of aliphatic imine (C=N–C) groups is 1. The Labute approximate surface area is 190 Å². The van der Waals surface area contributed by atoms with E-state index in [-0.39, 0.29) is 0 Å². The summed E-state index contributed by atoms with van der Waals surface area (Å²) < 4.78 is 5.84. The molecule has 0 unspecified atom stereocenters. The minimum Gasteiger partial charge on any atom is -0.493 e. The summed E-state index contributed by atoms with van der Waals surface area (Å²) >= 11 is 0. The van der Waals surface area contributed by atoms with Crippen molar-refractivity contribution in [2.75, 3.05) is 11.9 Å². The first kappa shape index (κ1) is 20.6. The molecule has 1 N–H and O–H groups in total. The predicted octanol–water partition coefficient (Wildman–Crippen LogP) is 7.36. The van der Waals surface area contributed by atoms with Crippen LogP contribution < -0.4 is 10.1 Å². The number of allylic oxidation sites excluding steroid dienone is 2. The van der Waals surface area contributed by atoms with Crippen LogP contribution in [-0.4, -0.2) is 12.8 Å². The number of hydrogen-bond donors (Lipinski definition) is 1. The van der Waals surface area contributed by atoms with Crippen molar-refractivity contribution in [3.8, 4) is 5.75 Å². The third-order valence-electron chi connectivity index (χ3n) is 6.50. The highest BCUT2D eigenvalue weighted by Crippen LogP contribution is 2.50. The van der Waals surface area contributed by atoms with Crippen LogP contribution in [0.15, 0.2) is 83.9 Å². The molecule has 0 fully saturated rings. The molecule has 162 valence electrons. The highest BCUT2D eigenvalue weighted by molar-refractivity contribution is 5.85. The molecule has 2 aliphatic rings. The maximum Gasteiger partial charge on any atom is 0.128 e. The molecule has 0 amide bonds. The quantitative estimate of drug-likeness (QED) is 0.332. The van der Waals surface area contributed by atoms with Crippen LogP contribution in [-0.2, 0) is 0 Å². The third kappa shape index (κ3) is 4.08. The molecule has 3 heteroatoms. The lowest BCUT2D eigenvalue weighted by molar-refractivity contribution is 0.317. The van der Waals surface area contributed by atoms with Crippen molar-refractivity contribution >= 4 is 17.6 Å². The van der Waals surface area contributed by atoms with E-state index >= 15 is 0 Å². The summed E-state index contributed by atoms with van der Waals surface area (Å²) in [6.45, 7) is 5.00. The van der Waals surface area contributed by atoms with Crippen molar-refractivity contribution in [3.63, 3.8) is 0 Å². The molecule has 3 aromatic rings. The number of ether oxygens (including phenoxy) is 1. The first-order valence-corrected chi connectivity index (χ1v) is 11.6. The van der Waals surface area contributed by atoms with Crippen molar-refractivity contribution < 1.29 is 4.74 Å². The second kappa shape index (κ2) is 9.04. The summed E-state index contributed by atoms with van der Waals surface area (Å²) in [5, 5.41) is 3.82. The lowest BCUT2D eigenvalue weighted by Gasteiger charge is -2.37. The molecule has 32 heavy (non-hydrogen) atoms. The van der Waals surface area contributed by atoms with E-state index in [4.69, 9.17) is 9.73 Å². The molecule has 1 aliphatic heterocycles. The number of rotatable bonds is 6. The Morgan fingerprint density at radius 3 is 2.75 bits per heavy atom. The highest BCUT2D eigenvalue weighted by atomic mass is 16.5. The number of nitrogens with one attached hydrogen (secondary N) is 1. The Hall–Kier alpha value is -3.33. The number of benzene rings is 3. The van der Waals surface area contributed by atoms with Crippen LogP contribution in [0.5, 0.6) is 5.75 Å². The van der Waals surface area contributed by atoms with Crippen molar-refractivity contribution in [1.82, 2.24) is 0 Å². The summed E-state index contributed by atoms with van der Waals surface area (Å²) in [6, 6.07) is 23.8. The first-order chi connectivity index (χ1) is 15.7. The molecule has 0 radical (unpaired) electrons. The van der Waals surface area contributed by atoms with Gasteiger partial charge in [0.2, 0.25) is 0 Å². The van der Waals surface area contributed by atoms with Crippen LogP contribution in [0.4, 0.5) is 11.4 Å². The van der Waals surface area contributed by atoms with Gasteiger partial charge in [0.25, 0.3) is 0 Å². The number of aryl methyl sites for hydroxylation is 1. The minimum absolute atomic E-state index is 0.311. The smallest absolute Gasteiger partial charge is 0.128 e. The Balaban J connectivity index is 1.35. The van der Waals surface area contributed by atoms with Crippen LogP contribution in [0.25, 0.3) is 0 Å². The molecule has 3 atom stereocenters. The van der Waals surface area contributed by atoms with Crippen molar-refractivity contribution in [3.05, 3.63) is 101 Å². The number of para-hydroxylation sites is 1. The average molecular weight is 423 g/mol. The minimum atomic E-state index is 0.311. The standard InChI is InChI=1S/C29H30N2O/c1-3-17-32-28-10-5-4-7-22(28)19-30-23-14-12-21(13-15-23)29-25-9-6-8-24(25)26-18-20(2)11-16-27(26)31-29/h4-8,10-16,18-19,24-25,29,31H,3,9,17H2,1-2H3/t24-,25-,29+/m1/s1. The maximum atomic E-state index is 5.84. The van der Waals surface area contributed by atoms with E-state index in [1.54, 1.807) is 0 Å². The zero-order chi connectivity index (χ0) is 21.9. The monoisotopic (exact) mass is 422 g/mol. The van der Waals surface area contributed by atoms with Crippen LogP contribution in [0.2, 0.25) is 0 Å². The third-order valence-corrected chi connectivity index (χ3v) is 6.50. The molecule has 0 spiro atoms. The van der Waals surface area contributed by atoms with Gasteiger partial charge in [0.1, 0.15) is 5.75 Å². The molecule has 1 aliphatic carbocycles. The summed E-state index contributed by atoms with van der Waals surface area (Å²) in [4.78, 5) is 4.71. The lowest BCUT2D eigenvalue weighted by atomic mass is 9.76. The zero-order valence-corrected chi connectivity index (χ0v) is 18.8. The molecule has 0 saturated heterocycles. The van der Waals surface area contributed by atoms with Gasteiger partial charge in [-0.25, -0.2) is 0 Å². The first-order valence-electron chi connectivity index (χ1n) is 11.6. The fourth-order valence-electron chi connectivity index (χ4n) is 4.89. The van der Waals surface area contributed by atoms with Gasteiger partial charge < -0.3 is 10.1 Å². The van der Waals surface area contributed by atoms with E-state index in [2.05, 4.69) is 73.8 Å². The molecule has 1 heterocycles. The normalized spacial score (nSPS) is 21.2. The summed E-state index contributed by atoms with van der Waals surface area (Å²) in [5.74, 6) is 1.93. The van der Waals surface area contributed by atoms with Gasteiger partial charge in [-0.3, -0.25) is 4.99 Å². The SMILES string of the molecule is CCCOc1ccccc1C=Nc1ccc([C@@H]2Nc3ccc(C)cc3[C@@H]3C=CC[C@H]32)cc1. The second-order valence-corrected chi connectivity index (χ2v) is 8.80. The zero-order valence-electron chi connectivity index (χ0n) is 18.8. The van der Waals surface area contributed by atoms with Gasteiger partial charge in [-0.15, -0.1) is 0 Å². The summed E-state index contributed by atoms with van der Waals surface area (Å²) in [5.41, 5.74) is 7.30. The van der Waals surface area contributed by atoms with Crippen LogP contribution >= 0.6 is 0 Å². The lowest BCUT2D eigenvalue weighted by Crippen LogP contribution is -2.29. The molecule has 0 aromatic heterocycles. The summed E-state index contributed by atoms with van der Waals surface area (Å²) in [6.07, 6.45) is 8.74. The van der Waals surface area contributed by atoms with Gasteiger partial charge in [0.15, 0.2) is 0 Å². The Morgan fingerprint density at radius 1 is 1.06 bits per heavy atom. The molecule has 3 aromatic carbocycles. The molecule has 3 nitrogen and oxygen atoms in total. The van der Waals surface area contributed by atoms with E-state index < -0.39 is 0 Å². The Bertz CT molecular complexity index is 1150. The van der Waals surface area contributed by atoms with Gasteiger partial charge >= 0.3 is 0 Å². The molecular formula is C29H30N2O. The second-order valence-electron chi connectivity index (χ2n) is 8.80. The maximum absolute atomic E-state index is 5.84. The average Bonchev–Trinajstić information content (AvgIpc) is 3.32. The highest BCUT2D eigenvalue weighted by Gasteiger charge is 2.37. The number of fused-ring (bicyclic) bond motifs is 3. The molecule has 5 rings (SSSR count). The van der Waals surface area contributed by atoms with E-state index in [9.17, 15) is 0 Å². The van der Waals surface area contributed by atoms with Crippen LogP contribution in [0.1, 0.15) is 54.0 Å². The van der Waals surface area contributed by atoms with Gasteiger partial charge in [0.05, 0.1) is 18.3 Å². The van der Waals surface area contributed by atoms with Gasteiger partial charge in [0, 0.05) is 23.4 Å². The summed E-state index contributed by atoms with van der Waals surface area (Å²) in [7, 11) is 0. The fourth-order valence-corrected chi connectivity index (χ4v) is 4.89. The van der Waals surface area contributed by atoms with E-state index in [0.717, 1.165) is 29.8 Å². The van der Waals surface area contributed by atoms with E-state index in [0.29, 0.717) is 24.5 Å². The van der Waals surface area contributed by atoms with E-state index in [1.807, 2.05) is 30.5 Å². The van der Waals surface area contributed by atoms with E-state index in [1.165, 1.54) is 22.4 Å². The van der Waals surface area contributed by atoms with Crippen molar-refractivity contribution in [2.24, 2.45) is 10.9 Å². The number of nitrogens with zero attached hydrogens (tertiary/aromatic N) is 1. The molecular weight excluding hydrogens is 392 g/mol. The number of anilines is 1. The predicted molar refractivity (Wildman–Crippen MR) is 133 cm³/mol. The largest absolute Gasteiger partial charge is 0.493 e. The van der Waals surface area contributed by atoms with Crippen molar-refractivity contribution in [1.29, 1.82) is 0 Å². The number of hydrogen-bond acceptors (Lipinski definition) is 3. The fraction of sp³-hybridized carbons (Fsp3) is 0.276. The van der Waals surface area contributed by atoms with Crippen molar-refractivity contribution in [2.45, 2.75) is 38.6 Å². The molecule has 0 saturated carbocycles. The Kier molecular flexibility index (Phi) is 5.81. The molecule has 0 bridgehead atoms.